The Bertz CT molecular complexity index is 929. The fourth-order valence-electron chi connectivity index (χ4n) is 2.57. The number of carboxylic acids is 1. The van der Waals surface area contributed by atoms with E-state index in [9.17, 15) is 15.0 Å². The highest BCUT2D eigenvalue weighted by atomic mass is 16.5. The molecule has 1 aliphatic carbocycles. The fraction of sp³-hybridized carbons (Fsp3) is 0.467. The smallest absolute Gasteiger partial charge is 0.341 e. The van der Waals surface area contributed by atoms with Crippen molar-refractivity contribution in [1.82, 2.24) is 0 Å². The van der Waals surface area contributed by atoms with Gasteiger partial charge in [0.25, 0.3) is 0 Å². The van der Waals surface area contributed by atoms with E-state index in [1.165, 1.54) is 12.3 Å². The molecule has 0 saturated heterocycles. The van der Waals surface area contributed by atoms with Crippen LogP contribution in [0.1, 0.15) is 80.2 Å². The molecule has 1 fully saturated rings. The molecule has 0 aromatic heterocycles. The predicted molar refractivity (Wildman–Crippen MR) is 149 cm³/mol. The average molecular weight is 484 g/mol. The van der Waals surface area contributed by atoms with Crippen molar-refractivity contribution in [2.24, 2.45) is 10.9 Å². The van der Waals surface area contributed by atoms with Crippen LogP contribution in [0.2, 0.25) is 0 Å². The van der Waals surface area contributed by atoms with Gasteiger partial charge in [0.05, 0.1) is 6.10 Å². The van der Waals surface area contributed by atoms with Crippen LogP contribution in [0.3, 0.4) is 0 Å². The molecule has 1 aromatic carbocycles. The van der Waals surface area contributed by atoms with Gasteiger partial charge in [0.1, 0.15) is 17.1 Å². The first-order chi connectivity index (χ1) is 16.6. The van der Waals surface area contributed by atoms with Gasteiger partial charge in [0.2, 0.25) is 0 Å². The Morgan fingerprint density at radius 1 is 1.11 bits per heavy atom. The molecular weight excluding hydrogens is 438 g/mol. The molecule has 1 aromatic rings. The molecule has 5 nitrogen and oxygen atoms in total. The molecule has 0 atom stereocenters. The van der Waals surface area contributed by atoms with Crippen LogP contribution < -0.4 is 4.74 Å². The third kappa shape index (κ3) is 13.4. The second-order valence-corrected chi connectivity index (χ2v) is 8.86. The number of nitrogens with zero attached hydrogens (tertiary/aromatic N) is 1. The van der Waals surface area contributed by atoms with Crippen molar-refractivity contribution in [2.75, 3.05) is 6.54 Å². The van der Waals surface area contributed by atoms with Gasteiger partial charge < -0.3 is 14.9 Å². The minimum atomic E-state index is -1.22. The first-order valence-corrected chi connectivity index (χ1v) is 12.5. The molecule has 35 heavy (non-hydrogen) atoms. The number of aliphatic carboxylic acids is 1. The van der Waals surface area contributed by atoms with Crippen LogP contribution in [-0.2, 0) is 4.79 Å². The number of aliphatic hydroxyl groups is 1. The van der Waals surface area contributed by atoms with Crippen molar-refractivity contribution < 1.29 is 19.7 Å². The van der Waals surface area contributed by atoms with Gasteiger partial charge in [-0.1, -0.05) is 72.4 Å². The Balaban J connectivity index is 0.00000174. The lowest BCUT2D eigenvalue weighted by Crippen LogP contribution is -2.06. The van der Waals surface area contributed by atoms with Crippen molar-refractivity contribution in [3.8, 4) is 5.75 Å². The number of hydrogen-bond acceptors (Lipinski definition) is 4. The number of carboxylic acid groups (broad SMARTS) is 1. The molecule has 0 unspecified atom stereocenters. The highest BCUT2D eigenvalue weighted by Gasteiger charge is 2.24. The van der Waals surface area contributed by atoms with E-state index in [4.69, 9.17) is 4.74 Å². The van der Waals surface area contributed by atoms with Crippen molar-refractivity contribution in [3.63, 3.8) is 0 Å². The molecule has 2 rings (SSSR count). The summed E-state index contributed by atoms with van der Waals surface area (Å²) in [6, 6.07) is 7.78. The lowest BCUT2D eigenvalue weighted by molar-refractivity contribution is -0.132. The number of aliphatic hydroxyl groups excluding tert-OH is 1. The standard InChI is InChI=1S/C24H29NO4.C4H10.C2H6/c1-5-12-25-15-21(24(27)28)22(26)14-17(3)16(2)13-18(4)20-8-6-7-9-23(20)29-19-10-11-19;1-4(2)3;1-2/h6-9,13-15,19,26H,4-5,10-12H2,1-3H3,(H,27,28);4H,1-3H3;1-2H3/b16-13+,17-14+,22-21-,25-15?;;. The maximum absolute atomic E-state index is 11.4. The number of rotatable bonds is 10. The first-order valence-electron chi connectivity index (χ1n) is 12.5. The van der Waals surface area contributed by atoms with Gasteiger partial charge >= 0.3 is 5.97 Å². The van der Waals surface area contributed by atoms with Crippen LogP contribution in [-0.4, -0.2) is 35.0 Å². The average Bonchev–Trinajstić information content (AvgIpc) is 3.61. The lowest BCUT2D eigenvalue weighted by Gasteiger charge is -2.12. The summed E-state index contributed by atoms with van der Waals surface area (Å²) in [5.41, 5.74) is 3.07. The monoisotopic (exact) mass is 483 g/mol. The number of carbonyl (C=O) groups is 1. The van der Waals surface area contributed by atoms with E-state index in [0.717, 1.165) is 53.2 Å². The van der Waals surface area contributed by atoms with Crippen LogP contribution in [0.15, 0.2) is 70.5 Å². The van der Waals surface area contributed by atoms with Gasteiger partial charge in [-0.05, 0) is 67.9 Å². The highest BCUT2D eigenvalue weighted by molar-refractivity contribution is 6.09. The highest BCUT2D eigenvalue weighted by Crippen LogP contribution is 2.33. The normalized spacial score (nSPS) is 14.4. The van der Waals surface area contributed by atoms with Gasteiger partial charge in [0, 0.05) is 18.3 Å². The zero-order valence-electron chi connectivity index (χ0n) is 22.9. The molecule has 0 aliphatic heterocycles. The van der Waals surface area contributed by atoms with Crippen LogP contribution in [0.4, 0.5) is 0 Å². The second-order valence-electron chi connectivity index (χ2n) is 8.86. The summed E-state index contributed by atoms with van der Waals surface area (Å²) in [7, 11) is 0. The molecule has 0 heterocycles. The number of para-hydroxylation sites is 1. The third-order valence-electron chi connectivity index (χ3n) is 4.50. The molecule has 194 valence electrons. The Hall–Kier alpha value is -3.08. The van der Waals surface area contributed by atoms with E-state index in [0.29, 0.717) is 12.6 Å². The topological polar surface area (TPSA) is 79.1 Å². The fourth-order valence-corrected chi connectivity index (χ4v) is 2.57. The largest absolute Gasteiger partial charge is 0.507 e. The summed E-state index contributed by atoms with van der Waals surface area (Å²) >= 11 is 0. The van der Waals surface area contributed by atoms with Crippen LogP contribution >= 0.6 is 0 Å². The Morgan fingerprint density at radius 3 is 2.17 bits per heavy atom. The number of aliphatic imine (C=N–C) groups is 1. The van der Waals surface area contributed by atoms with E-state index in [2.05, 4.69) is 32.3 Å². The molecular formula is C30H45NO4. The molecule has 0 bridgehead atoms. The van der Waals surface area contributed by atoms with Crippen molar-refractivity contribution >= 4 is 17.8 Å². The minimum absolute atomic E-state index is 0.229. The van der Waals surface area contributed by atoms with E-state index in [-0.39, 0.29) is 11.3 Å². The zero-order valence-corrected chi connectivity index (χ0v) is 22.9. The van der Waals surface area contributed by atoms with Gasteiger partial charge in [-0.25, -0.2) is 4.79 Å². The van der Waals surface area contributed by atoms with E-state index >= 15 is 0 Å². The third-order valence-corrected chi connectivity index (χ3v) is 4.50. The Morgan fingerprint density at radius 2 is 1.66 bits per heavy atom. The zero-order chi connectivity index (χ0) is 27.0. The van der Waals surface area contributed by atoms with E-state index in [1.54, 1.807) is 0 Å². The number of ether oxygens (including phenoxy) is 1. The molecule has 1 saturated carbocycles. The maximum Gasteiger partial charge on any atom is 0.341 e. The molecule has 2 N–H and O–H groups in total. The summed E-state index contributed by atoms with van der Waals surface area (Å²) in [6.07, 6.45) is 7.80. The van der Waals surface area contributed by atoms with Gasteiger partial charge in [-0.3, -0.25) is 4.99 Å². The molecule has 0 spiro atoms. The Kier molecular flexibility index (Phi) is 15.8. The number of benzene rings is 1. The Labute approximate surface area is 212 Å². The van der Waals surface area contributed by atoms with Gasteiger partial charge in [-0.15, -0.1) is 0 Å². The summed E-state index contributed by atoms with van der Waals surface area (Å²) < 4.78 is 5.96. The van der Waals surface area contributed by atoms with Gasteiger partial charge in [0.15, 0.2) is 0 Å². The van der Waals surface area contributed by atoms with E-state index in [1.807, 2.05) is 65.0 Å². The summed E-state index contributed by atoms with van der Waals surface area (Å²) in [5, 5.41) is 19.6. The number of allylic oxidation sites excluding steroid dienone is 5. The van der Waals surface area contributed by atoms with Crippen LogP contribution in [0, 0.1) is 5.92 Å². The quantitative estimate of drug-likeness (QED) is 0.152. The van der Waals surface area contributed by atoms with Crippen molar-refractivity contribution in [3.05, 3.63) is 71.0 Å². The summed E-state index contributed by atoms with van der Waals surface area (Å²) in [6.45, 7) is 20.8. The SMILES string of the molecule is C=C(/C=C(C)/C(C)=C/C(O)=C(\C=NCCC)C(=O)O)c1ccccc1OC1CC1.CC.CC(C)C. The van der Waals surface area contributed by atoms with Crippen molar-refractivity contribution in [2.45, 2.75) is 80.8 Å². The predicted octanol–water partition coefficient (Wildman–Crippen LogP) is 8.20. The first kappa shape index (κ1) is 31.9. The molecule has 1 aliphatic rings. The summed E-state index contributed by atoms with van der Waals surface area (Å²) in [5.74, 6) is 0.100. The van der Waals surface area contributed by atoms with Gasteiger partial charge in [-0.2, -0.15) is 0 Å². The summed E-state index contributed by atoms with van der Waals surface area (Å²) in [4.78, 5) is 15.4. The van der Waals surface area contributed by atoms with E-state index < -0.39 is 5.97 Å². The van der Waals surface area contributed by atoms with Crippen LogP contribution in [0.5, 0.6) is 5.75 Å². The maximum atomic E-state index is 11.4. The molecule has 0 radical (unpaired) electrons. The lowest BCUT2D eigenvalue weighted by atomic mass is 10.00. The number of hydrogen-bond donors (Lipinski definition) is 2. The molecule has 5 heteroatoms. The second kappa shape index (κ2) is 17.4. The van der Waals surface area contributed by atoms with Crippen LogP contribution in [0.25, 0.3) is 5.57 Å². The van der Waals surface area contributed by atoms with Crippen molar-refractivity contribution in [1.29, 1.82) is 0 Å². The minimum Gasteiger partial charge on any atom is -0.507 e. The molecule has 0 amide bonds.